The highest BCUT2D eigenvalue weighted by atomic mass is 16.6. The minimum Gasteiger partial charge on any atom is -0.497 e. The molecule has 2 aromatic carbocycles. The Morgan fingerprint density at radius 2 is 1.96 bits per heavy atom. The molecule has 5 heteroatoms. The zero-order chi connectivity index (χ0) is 17.3. The maximum Gasteiger partial charge on any atom is 0.416 e. The highest BCUT2D eigenvalue weighted by Gasteiger charge is 2.39. The minimum atomic E-state index is -0.538. The Morgan fingerprint density at radius 3 is 2.67 bits per heavy atom. The number of imide groups is 1. The molecule has 0 unspecified atom stereocenters. The van der Waals surface area contributed by atoms with Crippen molar-refractivity contribution in [3.05, 3.63) is 42.0 Å². The van der Waals surface area contributed by atoms with Gasteiger partial charge in [-0.2, -0.15) is 0 Å². The number of ether oxygens (including phenoxy) is 2. The predicted molar refractivity (Wildman–Crippen MR) is 91.0 cm³/mol. The molecule has 0 spiro atoms. The van der Waals surface area contributed by atoms with Gasteiger partial charge in [0.05, 0.1) is 19.6 Å². The third-order valence-corrected chi connectivity index (χ3v) is 4.41. The molecule has 0 radical (unpaired) electrons. The van der Waals surface area contributed by atoms with Gasteiger partial charge in [-0.3, -0.25) is 4.79 Å². The van der Waals surface area contributed by atoms with Crippen LogP contribution < -0.4 is 4.74 Å². The van der Waals surface area contributed by atoms with Gasteiger partial charge in [0, 0.05) is 0 Å². The monoisotopic (exact) mass is 327 g/mol. The lowest BCUT2D eigenvalue weighted by atomic mass is 10.0. The lowest BCUT2D eigenvalue weighted by Crippen LogP contribution is -2.42. The molecule has 1 aliphatic heterocycles. The van der Waals surface area contributed by atoms with Crippen LogP contribution in [0.3, 0.4) is 0 Å². The van der Waals surface area contributed by atoms with Crippen molar-refractivity contribution in [3.63, 3.8) is 0 Å². The molecule has 1 fully saturated rings. The molecule has 1 saturated heterocycles. The van der Waals surface area contributed by atoms with Crippen molar-refractivity contribution in [2.24, 2.45) is 5.92 Å². The number of carbonyl (C=O) groups excluding carboxylic acids is 2. The summed E-state index contributed by atoms with van der Waals surface area (Å²) in [7, 11) is 1.63. The van der Waals surface area contributed by atoms with Crippen molar-refractivity contribution in [2.45, 2.75) is 26.3 Å². The number of fused-ring (bicyclic) bond motifs is 1. The number of carbonyl (C=O) groups is 2. The Kier molecular flexibility index (Phi) is 4.42. The highest BCUT2D eigenvalue weighted by Crippen LogP contribution is 2.24. The molecule has 3 rings (SSSR count). The van der Waals surface area contributed by atoms with Crippen LogP contribution in [0.15, 0.2) is 36.4 Å². The zero-order valence-corrected chi connectivity index (χ0v) is 14.1. The molecule has 0 saturated carbocycles. The highest BCUT2D eigenvalue weighted by molar-refractivity contribution is 5.95. The average Bonchev–Trinajstić information content (AvgIpc) is 2.96. The molecule has 1 aliphatic rings. The number of methoxy groups -OCH3 is 1. The van der Waals surface area contributed by atoms with Crippen molar-refractivity contribution < 1.29 is 19.1 Å². The van der Waals surface area contributed by atoms with Crippen molar-refractivity contribution in [1.82, 2.24) is 4.90 Å². The molecule has 0 aromatic heterocycles. The largest absolute Gasteiger partial charge is 0.497 e. The molecule has 24 heavy (non-hydrogen) atoms. The first-order valence-electron chi connectivity index (χ1n) is 8.05. The first-order chi connectivity index (χ1) is 11.5. The van der Waals surface area contributed by atoms with E-state index in [1.165, 1.54) is 4.90 Å². The number of nitrogens with zero attached hydrogens (tertiary/aromatic N) is 1. The van der Waals surface area contributed by atoms with Crippen molar-refractivity contribution in [3.8, 4) is 5.75 Å². The molecule has 1 heterocycles. The van der Waals surface area contributed by atoms with E-state index < -0.39 is 6.09 Å². The summed E-state index contributed by atoms with van der Waals surface area (Å²) in [6.07, 6.45) is -0.357. The summed E-state index contributed by atoms with van der Waals surface area (Å²) in [6, 6.07) is 11.5. The van der Waals surface area contributed by atoms with Gasteiger partial charge in [0.15, 0.2) is 0 Å². The molecule has 2 aromatic rings. The van der Waals surface area contributed by atoms with Crippen LogP contribution in [0.5, 0.6) is 5.75 Å². The normalized spacial score (nSPS) is 17.4. The summed E-state index contributed by atoms with van der Waals surface area (Å²) < 4.78 is 10.3. The van der Waals surface area contributed by atoms with Crippen LogP contribution in [0.25, 0.3) is 10.8 Å². The fourth-order valence-corrected chi connectivity index (χ4v) is 2.98. The van der Waals surface area contributed by atoms with E-state index in [4.69, 9.17) is 9.47 Å². The van der Waals surface area contributed by atoms with Gasteiger partial charge < -0.3 is 9.47 Å². The second-order valence-corrected chi connectivity index (χ2v) is 6.38. The number of cyclic esters (lactones) is 1. The van der Waals surface area contributed by atoms with Gasteiger partial charge in [-0.05, 0) is 34.4 Å². The minimum absolute atomic E-state index is 0.171. The average molecular weight is 327 g/mol. The number of rotatable bonds is 4. The fraction of sp³-hybridized carbons (Fsp3) is 0.368. The van der Waals surface area contributed by atoms with E-state index in [1.807, 2.05) is 50.2 Å². The SMILES string of the molecule is COc1ccc2cc(CC(=O)N3C(=O)OC[C@@H]3C(C)C)ccc2c1. The molecular formula is C19H21NO4. The zero-order valence-electron chi connectivity index (χ0n) is 14.1. The van der Waals surface area contributed by atoms with Gasteiger partial charge in [-0.15, -0.1) is 0 Å². The fourth-order valence-electron chi connectivity index (χ4n) is 2.98. The van der Waals surface area contributed by atoms with Crippen molar-refractivity contribution in [2.75, 3.05) is 13.7 Å². The Balaban J connectivity index is 1.81. The van der Waals surface area contributed by atoms with E-state index in [0.717, 1.165) is 22.1 Å². The second kappa shape index (κ2) is 6.51. The van der Waals surface area contributed by atoms with Crippen molar-refractivity contribution >= 4 is 22.8 Å². The summed E-state index contributed by atoms with van der Waals surface area (Å²) in [5.74, 6) is 0.749. The van der Waals surface area contributed by atoms with Crippen LogP contribution in [0.1, 0.15) is 19.4 Å². The van der Waals surface area contributed by atoms with Crippen LogP contribution in [0.4, 0.5) is 4.79 Å². The smallest absolute Gasteiger partial charge is 0.416 e. The first kappa shape index (κ1) is 16.3. The van der Waals surface area contributed by atoms with E-state index in [1.54, 1.807) is 7.11 Å². The van der Waals surface area contributed by atoms with E-state index >= 15 is 0 Å². The number of hydrogen-bond donors (Lipinski definition) is 0. The Labute approximate surface area is 141 Å². The van der Waals surface area contributed by atoms with Crippen LogP contribution in [0.2, 0.25) is 0 Å². The molecule has 5 nitrogen and oxygen atoms in total. The van der Waals surface area contributed by atoms with E-state index in [0.29, 0.717) is 0 Å². The van der Waals surface area contributed by atoms with Gasteiger partial charge in [0.1, 0.15) is 12.4 Å². The van der Waals surface area contributed by atoms with E-state index in [-0.39, 0.29) is 30.9 Å². The summed E-state index contributed by atoms with van der Waals surface area (Å²) in [5.41, 5.74) is 0.875. The molecule has 2 amide bonds. The lowest BCUT2D eigenvalue weighted by molar-refractivity contribution is -0.129. The molecular weight excluding hydrogens is 306 g/mol. The van der Waals surface area contributed by atoms with Crippen LogP contribution in [-0.4, -0.2) is 36.7 Å². The maximum atomic E-state index is 12.6. The third-order valence-electron chi connectivity index (χ3n) is 4.41. The Bertz CT molecular complexity index is 784. The molecule has 0 bridgehead atoms. The Hall–Kier alpha value is -2.56. The number of benzene rings is 2. The standard InChI is InChI=1S/C19H21NO4/c1-12(2)17-11-24-19(22)20(17)18(21)9-13-4-5-15-10-16(23-3)7-6-14(15)8-13/h4-8,10,12,17H,9,11H2,1-3H3/t17-/m1/s1. The third kappa shape index (κ3) is 3.07. The van der Waals surface area contributed by atoms with Gasteiger partial charge in [-0.1, -0.05) is 38.1 Å². The number of amides is 2. The molecule has 0 N–H and O–H groups in total. The summed E-state index contributed by atoms with van der Waals surface area (Å²) in [6.45, 7) is 4.24. The van der Waals surface area contributed by atoms with Crippen LogP contribution >= 0.6 is 0 Å². The Morgan fingerprint density at radius 1 is 1.25 bits per heavy atom. The maximum absolute atomic E-state index is 12.6. The molecule has 0 aliphatic carbocycles. The van der Waals surface area contributed by atoms with Gasteiger partial charge in [0.2, 0.25) is 5.91 Å². The first-order valence-corrected chi connectivity index (χ1v) is 8.05. The van der Waals surface area contributed by atoms with E-state index in [2.05, 4.69) is 0 Å². The second-order valence-electron chi connectivity index (χ2n) is 6.38. The summed E-state index contributed by atoms with van der Waals surface area (Å²) >= 11 is 0. The van der Waals surface area contributed by atoms with Crippen LogP contribution in [-0.2, 0) is 16.0 Å². The van der Waals surface area contributed by atoms with Gasteiger partial charge in [-0.25, -0.2) is 9.69 Å². The quantitative estimate of drug-likeness (QED) is 0.864. The van der Waals surface area contributed by atoms with E-state index in [9.17, 15) is 9.59 Å². The number of hydrogen-bond acceptors (Lipinski definition) is 4. The van der Waals surface area contributed by atoms with Gasteiger partial charge >= 0.3 is 6.09 Å². The lowest BCUT2D eigenvalue weighted by Gasteiger charge is -2.22. The topological polar surface area (TPSA) is 55.8 Å². The summed E-state index contributed by atoms with van der Waals surface area (Å²) in [4.78, 5) is 25.7. The van der Waals surface area contributed by atoms with Crippen LogP contribution in [0, 0.1) is 5.92 Å². The van der Waals surface area contributed by atoms with Crippen molar-refractivity contribution in [1.29, 1.82) is 0 Å². The van der Waals surface area contributed by atoms with Gasteiger partial charge in [0.25, 0.3) is 0 Å². The molecule has 1 atom stereocenters. The summed E-state index contributed by atoms with van der Waals surface area (Å²) in [5, 5.41) is 2.08. The predicted octanol–water partition coefficient (Wildman–Crippen LogP) is 3.39. The molecule has 126 valence electrons.